The molecule has 0 radical (unpaired) electrons. The van der Waals surface area contributed by atoms with E-state index < -0.39 is 12.0 Å². The standard InChI is InChI=1S/C11H22N2O3S/c1-5-9(10(14)15)12-11(16)13(3)8(2)6-7-17-4/h8-9H,5-7H2,1-4H3,(H,12,16)(H,14,15)/t8?,9-/m1/s1. The fraction of sp³-hybridized carbons (Fsp3) is 0.818. The topological polar surface area (TPSA) is 69.6 Å². The second-order valence-corrected chi connectivity index (χ2v) is 4.98. The molecule has 0 aromatic rings. The summed E-state index contributed by atoms with van der Waals surface area (Å²) in [7, 11) is 1.69. The average molecular weight is 262 g/mol. The van der Waals surface area contributed by atoms with Gasteiger partial charge in [0, 0.05) is 13.1 Å². The molecule has 100 valence electrons. The van der Waals surface area contributed by atoms with Gasteiger partial charge in [0.2, 0.25) is 0 Å². The predicted molar refractivity (Wildman–Crippen MR) is 70.5 cm³/mol. The van der Waals surface area contributed by atoms with Crippen LogP contribution in [0.1, 0.15) is 26.7 Å². The maximum atomic E-state index is 11.8. The number of nitrogens with one attached hydrogen (secondary N) is 1. The number of thioether (sulfide) groups is 1. The van der Waals surface area contributed by atoms with Crippen LogP contribution in [0.2, 0.25) is 0 Å². The Kier molecular flexibility index (Phi) is 7.78. The van der Waals surface area contributed by atoms with Gasteiger partial charge < -0.3 is 15.3 Å². The van der Waals surface area contributed by atoms with Crippen LogP contribution in [-0.2, 0) is 4.79 Å². The highest BCUT2D eigenvalue weighted by atomic mass is 32.2. The summed E-state index contributed by atoms with van der Waals surface area (Å²) < 4.78 is 0. The minimum absolute atomic E-state index is 0.105. The van der Waals surface area contributed by atoms with Crippen molar-refractivity contribution in [2.45, 2.75) is 38.8 Å². The summed E-state index contributed by atoms with van der Waals surface area (Å²) >= 11 is 1.73. The van der Waals surface area contributed by atoms with E-state index in [-0.39, 0.29) is 12.1 Å². The van der Waals surface area contributed by atoms with Crippen LogP contribution in [-0.4, -0.2) is 53.1 Å². The molecule has 2 atom stereocenters. The van der Waals surface area contributed by atoms with Gasteiger partial charge in [-0.1, -0.05) is 6.92 Å². The van der Waals surface area contributed by atoms with Crippen LogP contribution in [0, 0.1) is 0 Å². The summed E-state index contributed by atoms with van der Waals surface area (Å²) in [6.45, 7) is 3.69. The molecule has 0 rings (SSSR count). The van der Waals surface area contributed by atoms with Gasteiger partial charge in [0.1, 0.15) is 6.04 Å². The number of hydrogen-bond donors (Lipinski definition) is 2. The van der Waals surface area contributed by atoms with Crippen LogP contribution in [0.3, 0.4) is 0 Å². The third kappa shape index (κ3) is 5.81. The van der Waals surface area contributed by atoms with Crippen molar-refractivity contribution < 1.29 is 14.7 Å². The van der Waals surface area contributed by atoms with Gasteiger partial charge >= 0.3 is 12.0 Å². The summed E-state index contributed by atoms with van der Waals surface area (Å²) in [6, 6.07) is -1.03. The highest BCUT2D eigenvalue weighted by Crippen LogP contribution is 2.06. The summed E-state index contributed by atoms with van der Waals surface area (Å²) in [5.74, 6) is -0.0134. The van der Waals surface area contributed by atoms with Gasteiger partial charge in [0.25, 0.3) is 0 Å². The molecule has 0 saturated carbocycles. The lowest BCUT2D eigenvalue weighted by atomic mass is 10.2. The maximum absolute atomic E-state index is 11.8. The average Bonchev–Trinajstić information content (AvgIpc) is 2.30. The molecule has 0 spiro atoms. The number of carboxylic acid groups (broad SMARTS) is 1. The van der Waals surface area contributed by atoms with Gasteiger partial charge in [0.05, 0.1) is 0 Å². The molecule has 6 heteroatoms. The van der Waals surface area contributed by atoms with Gasteiger partial charge in [-0.25, -0.2) is 9.59 Å². The van der Waals surface area contributed by atoms with Crippen molar-refractivity contribution in [3.05, 3.63) is 0 Å². The third-order valence-electron chi connectivity index (χ3n) is 2.73. The molecule has 0 heterocycles. The zero-order chi connectivity index (χ0) is 13.4. The smallest absolute Gasteiger partial charge is 0.326 e. The van der Waals surface area contributed by atoms with Crippen LogP contribution < -0.4 is 5.32 Å². The molecule has 0 aliphatic carbocycles. The van der Waals surface area contributed by atoms with Crippen molar-refractivity contribution in [1.29, 1.82) is 0 Å². The van der Waals surface area contributed by atoms with Crippen LogP contribution in [0.4, 0.5) is 4.79 Å². The third-order valence-corrected chi connectivity index (χ3v) is 3.37. The van der Waals surface area contributed by atoms with Crippen LogP contribution in [0.15, 0.2) is 0 Å². The quantitative estimate of drug-likeness (QED) is 0.731. The van der Waals surface area contributed by atoms with Crippen LogP contribution in [0.25, 0.3) is 0 Å². The van der Waals surface area contributed by atoms with Gasteiger partial charge in [0.15, 0.2) is 0 Å². The Morgan fingerprint density at radius 3 is 2.47 bits per heavy atom. The molecule has 0 bridgehead atoms. The molecule has 17 heavy (non-hydrogen) atoms. The Morgan fingerprint density at radius 2 is 2.06 bits per heavy atom. The van der Waals surface area contributed by atoms with E-state index in [0.29, 0.717) is 6.42 Å². The molecule has 0 saturated heterocycles. The maximum Gasteiger partial charge on any atom is 0.326 e. The van der Waals surface area contributed by atoms with E-state index in [4.69, 9.17) is 5.11 Å². The van der Waals surface area contributed by atoms with Crippen LogP contribution in [0.5, 0.6) is 0 Å². The Bertz CT molecular complexity index is 261. The molecule has 5 nitrogen and oxygen atoms in total. The van der Waals surface area contributed by atoms with E-state index in [1.54, 1.807) is 30.6 Å². The van der Waals surface area contributed by atoms with Gasteiger partial charge in [-0.15, -0.1) is 0 Å². The SMILES string of the molecule is CC[C@@H](NC(=O)N(C)C(C)CCSC)C(=O)O. The van der Waals surface area contributed by atoms with Crippen molar-refractivity contribution >= 4 is 23.8 Å². The first kappa shape index (κ1) is 16.1. The van der Waals surface area contributed by atoms with E-state index in [2.05, 4.69) is 5.32 Å². The number of amides is 2. The first-order valence-electron chi connectivity index (χ1n) is 5.69. The van der Waals surface area contributed by atoms with Gasteiger partial charge in [-0.05, 0) is 31.8 Å². The molecular weight excluding hydrogens is 240 g/mol. The Labute approximate surface area is 107 Å². The number of urea groups is 1. The van der Waals surface area contributed by atoms with E-state index in [1.807, 2.05) is 13.2 Å². The molecule has 0 aliphatic rings. The molecule has 1 unspecified atom stereocenters. The monoisotopic (exact) mass is 262 g/mol. The van der Waals surface area contributed by atoms with Gasteiger partial charge in [-0.2, -0.15) is 11.8 Å². The number of aliphatic carboxylic acids is 1. The summed E-state index contributed by atoms with van der Waals surface area (Å²) in [5.41, 5.74) is 0. The molecular formula is C11H22N2O3S. The second-order valence-electron chi connectivity index (χ2n) is 3.99. The second kappa shape index (κ2) is 8.22. The zero-order valence-corrected chi connectivity index (χ0v) is 11.7. The summed E-state index contributed by atoms with van der Waals surface area (Å²) in [5, 5.41) is 11.4. The minimum atomic E-state index is -0.994. The van der Waals surface area contributed by atoms with E-state index in [9.17, 15) is 9.59 Å². The normalized spacial score (nSPS) is 13.9. The Morgan fingerprint density at radius 1 is 1.47 bits per heavy atom. The van der Waals surface area contributed by atoms with Crippen molar-refractivity contribution in [2.75, 3.05) is 19.1 Å². The molecule has 2 N–H and O–H groups in total. The molecule has 0 fully saturated rings. The number of carbonyl (C=O) groups is 2. The minimum Gasteiger partial charge on any atom is -0.480 e. The number of nitrogens with zero attached hydrogens (tertiary/aromatic N) is 1. The molecule has 0 aromatic carbocycles. The zero-order valence-electron chi connectivity index (χ0n) is 10.9. The number of carboxylic acids is 1. The first-order valence-corrected chi connectivity index (χ1v) is 7.08. The van der Waals surface area contributed by atoms with Crippen molar-refractivity contribution in [1.82, 2.24) is 10.2 Å². The van der Waals surface area contributed by atoms with Crippen LogP contribution >= 0.6 is 11.8 Å². The highest BCUT2D eigenvalue weighted by Gasteiger charge is 2.21. The molecule has 0 aromatic heterocycles. The number of rotatable bonds is 7. The largest absolute Gasteiger partial charge is 0.480 e. The van der Waals surface area contributed by atoms with E-state index in [1.165, 1.54) is 0 Å². The lowest BCUT2D eigenvalue weighted by Crippen LogP contribution is -2.49. The Balaban J connectivity index is 4.24. The highest BCUT2D eigenvalue weighted by molar-refractivity contribution is 7.98. The number of carbonyl (C=O) groups excluding carboxylic acids is 1. The van der Waals surface area contributed by atoms with Crippen molar-refractivity contribution in [3.63, 3.8) is 0 Å². The molecule has 2 amide bonds. The lowest BCUT2D eigenvalue weighted by molar-refractivity contribution is -0.139. The van der Waals surface area contributed by atoms with E-state index >= 15 is 0 Å². The lowest BCUT2D eigenvalue weighted by Gasteiger charge is -2.26. The van der Waals surface area contributed by atoms with Crippen molar-refractivity contribution in [2.24, 2.45) is 0 Å². The number of hydrogen-bond acceptors (Lipinski definition) is 3. The molecule has 0 aliphatic heterocycles. The summed E-state index contributed by atoms with van der Waals surface area (Å²) in [4.78, 5) is 24.1. The fourth-order valence-electron chi connectivity index (χ4n) is 1.27. The van der Waals surface area contributed by atoms with Crippen molar-refractivity contribution in [3.8, 4) is 0 Å². The fourth-order valence-corrected chi connectivity index (χ4v) is 1.85. The predicted octanol–water partition coefficient (Wildman–Crippen LogP) is 1.63. The summed E-state index contributed by atoms with van der Waals surface area (Å²) in [6.07, 6.45) is 3.30. The first-order chi connectivity index (χ1) is 7.93. The Hall–Kier alpha value is -0.910. The van der Waals surface area contributed by atoms with Gasteiger partial charge in [-0.3, -0.25) is 0 Å². The van der Waals surface area contributed by atoms with E-state index in [0.717, 1.165) is 12.2 Å².